The minimum atomic E-state index is -0.286. The number of hydrogen-bond acceptors (Lipinski definition) is 3. The van der Waals surface area contributed by atoms with Gasteiger partial charge in [-0.05, 0) is 32.4 Å². The number of aromatic nitrogens is 3. The molecule has 2 aromatic heterocycles. The summed E-state index contributed by atoms with van der Waals surface area (Å²) in [6.07, 6.45) is 1.62. The first-order valence-corrected chi connectivity index (χ1v) is 5.70. The van der Waals surface area contributed by atoms with Gasteiger partial charge in [0.1, 0.15) is 5.65 Å². The van der Waals surface area contributed by atoms with Crippen LogP contribution in [0.4, 0.5) is 0 Å². The molecule has 0 aliphatic rings. The van der Waals surface area contributed by atoms with Crippen LogP contribution in [0.2, 0.25) is 0 Å². The molecule has 5 nitrogen and oxygen atoms in total. The fourth-order valence-corrected chi connectivity index (χ4v) is 2.03. The van der Waals surface area contributed by atoms with Crippen molar-refractivity contribution in [2.75, 3.05) is 0 Å². The van der Waals surface area contributed by atoms with E-state index in [2.05, 4.69) is 4.98 Å². The molecule has 0 saturated heterocycles. The Kier molecular flexibility index (Phi) is 2.83. The number of pyridine rings is 1. The first kappa shape index (κ1) is 11.6. The van der Waals surface area contributed by atoms with E-state index in [0.717, 1.165) is 5.56 Å². The number of fused-ring (bicyclic) bond motifs is 1. The third kappa shape index (κ3) is 1.58. The Morgan fingerprint density at radius 3 is 2.41 bits per heavy atom. The van der Waals surface area contributed by atoms with Crippen molar-refractivity contribution in [1.82, 2.24) is 14.1 Å². The largest absolute Gasteiger partial charge is 0.332 e. The van der Waals surface area contributed by atoms with Crippen molar-refractivity contribution < 1.29 is 0 Å². The minimum Gasteiger partial charge on any atom is -0.278 e. The van der Waals surface area contributed by atoms with Crippen molar-refractivity contribution in [3.05, 3.63) is 38.7 Å². The Bertz CT molecular complexity index is 682. The Labute approximate surface area is 98.3 Å². The van der Waals surface area contributed by atoms with Gasteiger partial charge in [0, 0.05) is 19.3 Å². The second kappa shape index (κ2) is 4.16. The van der Waals surface area contributed by atoms with Gasteiger partial charge in [0.15, 0.2) is 0 Å². The van der Waals surface area contributed by atoms with Crippen LogP contribution < -0.4 is 11.2 Å². The fraction of sp³-hybridized carbons (Fsp3) is 0.417. The molecule has 0 radical (unpaired) electrons. The summed E-state index contributed by atoms with van der Waals surface area (Å²) in [7, 11) is 0. The maximum Gasteiger partial charge on any atom is 0.332 e. The van der Waals surface area contributed by atoms with E-state index in [4.69, 9.17) is 0 Å². The lowest BCUT2D eigenvalue weighted by atomic mass is 10.2. The topological polar surface area (TPSA) is 56.9 Å². The molecule has 2 aromatic rings. The number of hydrogen-bond donors (Lipinski definition) is 0. The highest BCUT2D eigenvalue weighted by Gasteiger charge is 2.13. The van der Waals surface area contributed by atoms with Crippen LogP contribution in [-0.4, -0.2) is 14.1 Å². The zero-order valence-corrected chi connectivity index (χ0v) is 10.2. The van der Waals surface area contributed by atoms with Gasteiger partial charge < -0.3 is 0 Å². The highest BCUT2D eigenvalue weighted by molar-refractivity contribution is 5.77. The van der Waals surface area contributed by atoms with Gasteiger partial charge in [-0.15, -0.1) is 0 Å². The van der Waals surface area contributed by atoms with E-state index in [1.54, 1.807) is 19.2 Å². The molecule has 17 heavy (non-hydrogen) atoms. The summed E-state index contributed by atoms with van der Waals surface area (Å²) in [5, 5.41) is 0.538. The molecule has 0 spiro atoms. The molecule has 0 amide bonds. The average molecular weight is 233 g/mol. The van der Waals surface area contributed by atoms with Gasteiger partial charge in [-0.2, -0.15) is 0 Å². The molecule has 0 bridgehead atoms. The van der Waals surface area contributed by atoms with Gasteiger partial charge in [-0.25, -0.2) is 9.78 Å². The lowest BCUT2D eigenvalue weighted by Gasteiger charge is -2.11. The van der Waals surface area contributed by atoms with E-state index in [9.17, 15) is 9.59 Å². The van der Waals surface area contributed by atoms with E-state index in [1.807, 2.05) is 13.8 Å². The standard InChI is InChI=1S/C12H15N3O2/c1-4-14-10-9(8(3)6-7-13-10)11(16)15(5-2)12(14)17/h6-7H,4-5H2,1-3H3. The Morgan fingerprint density at radius 2 is 1.82 bits per heavy atom. The summed E-state index contributed by atoms with van der Waals surface area (Å²) in [4.78, 5) is 28.4. The summed E-state index contributed by atoms with van der Waals surface area (Å²) in [5.41, 5.74) is 0.796. The maximum atomic E-state index is 12.2. The molecule has 0 saturated carbocycles. The third-order valence-electron chi connectivity index (χ3n) is 2.95. The molecule has 5 heteroatoms. The van der Waals surface area contributed by atoms with E-state index in [1.165, 1.54) is 9.13 Å². The quantitative estimate of drug-likeness (QED) is 0.774. The smallest absolute Gasteiger partial charge is 0.278 e. The summed E-state index contributed by atoms with van der Waals surface area (Å²) < 4.78 is 2.79. The number of rotatable bonds is 2. The first-order chi connectivity index (χ1) is 8.11. The average Bonchev–Trinajstić information content (AvgIpc) is 2.30. The highest BCUT2D eigenvalue weighted by atomic mass is 16.2. The molecular weight excluding hydrogens is 218 g/mol. The van der Waals surface area contributed by atoms with Gasteiger partial charge >= 0.3 is 5.69 Å². The summed E-state index contributed by atoms with van der Waals surface area (Å²) in [6.45, 7) is 6.40. The van der Waals surface area contributed by atoms with Gasteiger partial charge in [-0.1, -0.05) is 0 Å². The lowest BCUT2D eigenvalue weighted by molar-refractivity contribution is 0.605. The number of aryl methyl sites for hydroxylation is 2. The predicted molar refractivity (Wildman–Crippen MR) is 66.3 cm³/mol. The Hall–Kier alpha value is -1.91. The van der Waals surface area contributed by atoms with Crippen molar-refractivity contribution in [3.8, 4) is 0 Å². The number of nitrogens with zero attached hydrogens (tertiary/aromatic N) is 3. The third-order valence-corrected chi connectivity index (χ3v) is 2.95. The van der Waals surface area contributed by atoms with Crippen LogP contribution in [0.1, 0.15) is 19.4 Å². The van der Waals surface area contributed by atoms with Crippen LogP contribution in [0.5, 0.6) is 0 Å². The second-order valence-corrected chi connectivity index (χ2v) is 3.90. The summed E-state index contributed by atoms with van der Waals surface area (Å²) in [5.74, 6) is 0. The first-order valence-electron chi connectivity index (χ1n) is 5.70. The van der Waals surface area contributed by atoms with Crippen LogP contribution in [0.25, 0.3) is 11.0 Å². The lowest BCUT2D eigenvalue weighted by Crippen LogP contribution is -2.40. The van der Waals surface area contributed by atoms with Crippen LogP contribution in [0.15, 0.2) is 21.9 Å². The molecule has 2 heterocycles. The molecule has 0 aliphatic heterocycles. The molecule has 2 rings (SSSR count). The summed E-state index contributed by atoms with van der Waals surface area (Å²) >= 11 is 0. The van der Waals surface area contributed by atoms with Crippen molar-refractivity contribution >= 4 is 11.0 Å². The zero-order chi connectivity index (χ0) is 12.6. The maximum absolute atomic E-state index is 12.2. The predicted octanol–water partition coefficient (Wildman–Crippen LogP) is 0.906. The van der Waals surface area contributed by atoms with Gasteiger partial charge in [-0.3, -0.25) is 13.9 Å². The van der Waals surface area contributed by atoms with Gasteiger partial charge in [0.2, 0.25) is 0 Å². The molecule has 0 aliphatic carbocycles. The Morgan fingerprint density at radius 1 is 1.18 bits per heavy atom. The molecule has 0 aromatic carbocycles. The fourth-order valence-electron chi connectivity index (χ4n) is 2.03. The van der Waals surface area contributed by atoms with Crippen molar-refractivity contribution in [2.24, 2.45) is 0 Å². The molecular formula is C12H15N3O2. The van der Waals surface area contributed by atoms with Crippen LogP contribution in [0, 0.1) is 6.92 Å². The van der Waals surface area contributed by atoms with Gasteiger partial charge in [0.25, 0.3) is 5.56 Å². The van der Waals surface area contributed by atoms with Crippen molar-refractivity contribution in [2.45, 2.75) is 33.9 Å². The minimum absolute atomic E-state index is 0.247. The second-order valence-electron chi connectivity index (χ2n) is 3.90. The highest BCUT2D eigenvalue weighted by Crippen LogP contribution is 2.09. The van der Waals surface area contributed by atoms with Gasteiger partial charge in [0.05, 0.1) is 5.39 Å². The van der Waals surface area contributed by atoms with E-state index < -0.39 is 0 Å². The Balaban J connectivity index is 3.13. The summed E-state index contributed by atoms with van der Waals surface area (Å²) in [6, 6.07) is 1.79. The molecule has 0 atom stereocenters. The van der Waals surface area contributed by atoms with E-state index >= 15 is 0 Å². The molecule has 0 fully saturated rings. The monoisotopic (exact) mass is 233 g/mol. The van der Waals surface area contributed by atoms with Crippen LogP contribution in [-0.2, 0) is 13.1 Å². The normalized spacial score (nSPS) is 11.0. The zero-order valence-electron chi connectivity index (χ0n) is 10.2. The molecule has 0 unspecified atom stereocenters. The van der Waals surface area contributed by atoms with Crippen LogP contribution in [0.3, 0.4) is 0 Å². The SMILES string of the molecule is CCn1c(=O)c2c(C)ccnc2n(CC)c1=O. The van der Waals surface area contributed by atoms with E-state index in [0.29, 0.717) is 24.1 Å². The molecule has 0 N–H and O–H groups in total. The van der Waals surface area contributed by atoms with Crippen LogP contribution >= 0.6 is 0 Å². The van der Waals surface area contributed by atoms with E-state index in [-0.39, 0.29) is 11.2 Å². The van der Waals surface area contributed by atoms with Crippen molar-refractivity contribution in [1.29, 1.82) is 0 Å². The van der Waals surface area contributed by atoms with Crippen molar-refractivity contribution in [3.63, 3.8) is 0 Å². The molecule has 90 valence electrons.